The summed E-state index contributed by atoms with van der Waals surface area (Å²) in [6, 6.07) is 2.08. The molecule has 0 saturated heterocycles. The molecule has 4 heteroatoms. The van der Waals surface area contributed by atoms with Crippen molar-refractivity contribution in [2.24, 2.45) is 0 Å². The van der Waals surface area contributed by atoms with Crippen molar-refractivity contribution in [3.63, 3.8) is 0 Å². The maximum absolute atomic E-state index is 9.23. The highest BCUT2D eigenvalue weighted by Gasteiger charge is 2.01. The Morgan fingerprint density at radius 1 is 1.54 bits per heavy atom. The molecule has 0 amide bonds. The quantitative estimate of drug-likeness (QED) is 0.534. The maximum atomic E-state index is 9.23. The van der Waals surface area contributed by atoms with Gasteiger partial charge in [0.1, 0.15) is 0 Å². The van der Waals surface area contributed by atoms with Gasteiger partial charge in [-0.05, 0) is 25.9 Å². The third-order valence-electron chi connectivity index (χ3n) is 1.66. The van der Waals surface area contributed by atoms with E-state index in [0.717, 1.165) is 19.5 Å². The van der Waals surface area contributed by atoms with Crippen LogP contribution in [0.15, 0.2) is 0 Å². The van der Waals surface area contributed by atoms with Gasteiger partial charge in [-0.2, -0.15) is 5.26 Å². The van der Waals surface area contributed by atoms with Crippen molar-refractivity contribution in [1.82, 2.24) is 5.32 Å². The molecule has 0 heterocycles. The molecule has 1 atom stereocenters. The molecule has 1 unspecified atom stereocenters. The van der Waals surface area contributed by atoms with E-state index >= 15 is 0 Å². The van der Waals surface area contributed by atoms with Crippen LogP contribution in [0.1, 0.15) is 19.3 Å². The Hall–Kier alpha value is -0.630. The zero-order chi connectivity index (χ0) is 9.94. The van der Waals surface area contributed by atoms with Gasteiger partial charge in [-0.25, -0.2) is 0 Å². The lowest BCUT2D eigenvalue weighted by Crippen LogP contribution is -2.23. The minimum Gasteiger partial charge on any atom is -0.391 e. The van der Waals surface area contributed by atoms with Crippen LogP contribution in [0.3, 0.4) is 0 Å². The second-order valence-corrected chi connectivity index (χ2v) is 2.91. The number of nitrogens with one attached hydrogen (secondary N) is 1. The molecule has 4 nitrogen and oxygen atoms in total. The topological polar surface area (TPSA) is 65.3 Å². The summed E-state index contributed by atoms with van der Waals surface area (Å²) in [6.45, 7) is 2.00. The number of nitriles is 1. The van der Waals surface area contributed by atoms with Crippen LogP contribution in [-0.2, 0) is 4.74 Å². The number of aliphatic hydroxyl groups excluding tert-OH is 1. The number of rotatable bonds is 8. The molecule has 0 bridgehead atoms. The number of nitrogens with zero attached hydrogens (tertiary/aromatic N) is 1. The molecule has 13 heavy (non-hydrogen) atoms. The van der Waals surface area contributed by atoms with Crippen LogP contribution < -0.4 is 5.32 Å². The largest absolute Gasteiger partial charge is 0.391 e. The fourth-order valence-electron chi connectivity index (χ4n) is 0.962. The van der Waals surface area contributed by atoms with Crippen molar-refractivity contribution in [1.29, 1.82) is 5.26 Å². The zero-order valence-corrected chi connectivity index (χ0v) is 8.12. The van der Waals surface area contributed by atoms with Crippen LogP contribution in [0.2, 0.25) is 0 Å². The van der Waals surface area contributed by atoms with Gasteiger partial charge in [-0.15, -0.1) is 0 Å². The summed E-state index contributed by atoms with van der Waals surface area (Å²) in [6.07, 6.45) is 1.78. The Morgan fingerprint density at radius 2 is 2.31 bits per heavy atom. The van der Waals surface area contributed by atoms with E-state index in [1.165, 1.54) is 0 Å². The van der Waals surface area contributed by atoms with Gasteiger partial charge in [0.15, 0.2) is 0 Å². The lowest BCUT2D eigenvalue weighted by molar-refractivity contribution is 0.0595. The van der Waals surface area contributed by atoms with Crippen molar-refractivity contribution < 1.29 is 9.84 Å². The summed E-state index contributed by atoms with van der Waals surface area (Å²) < 4.78 is 4.78. The van der Waals surface area contributed by atoms with Crippen LogP contribution in [0.25, 0.3) is 0 Å². The van der Waals surface area contributed by atoms with Crippen molar-refractivity contribution in [2.45, 2.75) is 25.4 Å². The highest BCUT2D eigenvalue weighted by Crippen LogP contribution is 1.90. The SMILES string of the molecule is COCC(O)CCNCCCC#N. The van der Waals surface area contributed by atoms with Gasteiger partial charge in [-0.3, -0.25) is 0 Å². The number of unbranched alkanes of at least 4 members (excludes halogenated alkanes) is 1. The molecule has 0 aliphatic carbocycles. The molecule has 0 radical (unpaired) electrons. The first-order valence-corrected chi connectivity index (χ1v) is 4.56. The number of hydrogen-bond acceptors (Lipinski definition) is 4. The Morgan fingerprint density at radius 3 is 2.92 bits per heavy atom. The van der Waals surface area contributed by atoms with Gasteiger partial charge in [0, 0.05) is 13.5 Å². The average Bonchev–Trinajstić information content (AvgIpc) is 2.11. The van der Waals surface area contributed by atoms with Crippen LogP contribution in [0.5, 0.6) is 0 Å². The summed E-state index contributed by atoms with van der Waals surface area (Å²) in [5, 5.41) is 20.6. The monoisotopic (exact) mass is 186 g/mol. The van der Waals surface area contributed by atoms with Crippen molar-refractivity contribution in [3.8, 4) is 6.07 Å². The summed E-state index contributed by atoms with van der Waals surface area (Å²) in [4.78, 5) is 0. The lowest BCUT2D eigenvalue weighted by atomic mass is 10.2. The van der Waals surface area contributed by atoms with E-state index in [1.54, 1.807) is 7.11 Å². The molecular formula is C9H18N2O2. The van der Waals surface area contributed by atoms with Gasteiger partial charge < -0.3 is 15.2 Å². The lowest BCUT2D eigenvalue weighted by Gasteiger charge is -2.09. The predicted molar refractivity (Wildman–Crippen MR) is 50.2 cm³/mol. The molecule has 0 aromatic heterocycles. The summed E-state index contributed by atoms with van der Waals surface area (Å²) in [5.41, 5.74) is 0. The Balaban J connectivity index is 3.03. The normalized spacial score (nSPS) is 12.4. The standard InChI is InChI=1S/C9H18N2O2/c1-13-8-9(12)4-7-11-6-3-2-5-10/h9,11-12H,2-4,6-8H2,1H3. The van der Waals surface area contributed by atoms with E-state index in [1.807, 2.05) is 0 Å². The number of methoxy groups -OCH3 is 1. The first kappa shape index (κ1) is 12.4. The fraction of sp³-hybridized carbons (Fsp3) is 0.889. The van der Waals surface area contributed by atoms with Crippen LogP contribution in [-0.4, -0.2) is 38.0 Å². The number of aliphatic hydroxyl groups is 1. The first-order valence-electron chi connectivity index (χ1n) is 4.56. The van der Waals surface area contributed by atoms with E-state index in [-0.39, 0.29) is 6.10 Å². The smallest absolute Gasteiger partial charge is 0.0785 e. The fourth-order valence-corrected chi connectivity index (χ4v) is 0.962. The highest BCUT2D eigenvalue weighted by atomic mass is 16.5. The van der Waals surface area contributed by atoms with E-state index in [9.17, 15) is 5.11 Å². The molecule has 0 aromatic carbocycles. The van der Waals surface area contributed by atoms with E-state index in [4.69, 9.17) is 10.00 Å². The maximum Gasteiger partial charge on any atom is 0.0785 e. The van der Waals surface area contributed by atoms with E-state index < -0.39 is 0 Å². The van der Waals surface area contributed by atoms with Crippen molar-refractivity contribution in [3.05, 3.63) is 0 Å². The molecule has 0 saturated carbocycles. The number of hydrogen-bond donors (Lipinski definition) is 2. The highest BCUT2D eigenvalue weighted by molar-refractivity contribution is 4.68. The minimum atomic E-state index is -0.381. The summed E-state index contributed by atoms with van der Waals surface area (Å²) in [5.74, 6) is 0. The third-order valence-corrected chi connectivity index (χ3v) is 1.66. The van der Waals surface area contributed by atoms with Gasteiger partial charge in [0.25, 0.3) is 0 Å². The molecule has 0 aliphatic rings. The summed E-state index contributed by atoms with van der Waals surface area (Å²) in [7, 11) is 1.57. The third kappa shape index (κ3) is 9.28. The second kappa shape index (κ2) is 9.46. The molecule has 0 fully saturated rings. The Kier molecular flexibility index (Phi) is 9.00. The molecule has 0 rings (SSSR count). The number of ether oxygens (including phenoxy) is 1. The minimum absolute atomic E-state index is 0.381. The molecule has 76 valence electrons. The van der Waals surface area contributed by atoms with E-state index in [0.29, 0.717) is 19.4 Å². The summed E-state index contributed by atoms with van der Waals surface area (Å²) >= 11 is 0. The van der Waals surface area contributed by atoms with Crippen LogP contribution >= 0.6 is 0 Å². The first-order chi connectivity index (χ1) is 6.31. The predicted octanol–water partition coefficient (Wildman–Crippen LogP) is 0.277. The van der Waals surface area contributed by atoms with Crippen LogP contribution in [0, 0.1) is 11.3 Å². The second-order valence-electron chi connectivity index (χ2n) is 2.91. The van der Waals surface area contributed by atoms with Gasteiger partial charge in [0.2, 0.25) is 0 Å². The van der Waals surface area contributed by atoms with Gasteiger partial charge in [-0.1, -0.05) is 0 Å². The molecular weight excluding hydrogens is 168 g/mol. The van der Waals surface area contributed by atoms with E-state index in [2.05, 4.69) is 11.4 Å². The molecule has 0 spiro atoms. The average molecular weight is 186 g/mol. The molecule has 0 aromatic rings. The van der Waals surface area contributed by atoms with Gasteiger partial charge in [0.05, 0.1) is 18.8 Å². The van der Waals surface area contributed by atoms with Crippen molar-refractivity contribution in [2.75, 3.05) is 26.8 Å². The Labute approximate surface area is 79.5 Å². The zero-order valence-electron chi connectivity index (χ0n) is 8.12. The van der Waals surface area contributed by atoms with Crippen LogP contribution in [0.4, 0.5) is 0 Å². The molecule has 0 aliphatic heterocycles. The Bertz CT molecular complexity index is 145. The molecule has 2 N–H and O–H groups in total. The van der Waals surface area contributed by atoms with Gasteiger partial charge >= 0.3 is 0 Å². The van der Waals surface area contributed by atoms with Crippen molar-refractivity contribution >= 4 is 0 Å².